The van der Waals surface area contributed by atoms with Gasteiger partial charge in [-0.3, -0.25) is 4.68 Å². The molecule has 0 fully saturated rings. The third-order valence-corrected chi connectivity index (χ3v) is 4.64. The SMILES string of the molecule is CCn1nc(C)c(Br)c1CN[C@@H](C)c1ccc(C)cc1. The predicted molar refractivity (Wildman–Crippen MR) is 86.8 cm³/mol. The van der Waals surface area contributed by atoms with Crippen molar-refractivity contribution in [3.8, 4) is 0 Å². The Morgan fingerprint density at radius 3 is 2.50 bits per heavy atom. The summed E-state index contributed by atoms with van der Waals surface area (Å²) in [6.07, 6.45) is 0. The lowest BCUT2D eigenvalue weighted by Gasteiger charge is -2.15. The summed E-state index contributed by atoms with van der Waals surface area (Å²) in [5.41, 5.74) is 4.87. The van der Waals surface area contributed by atoms with Crippen LogP contribution in [0.2, 0.25) is 0 Å². The van der Waals surface area contributed by atoms with E-state index in [0.29, 0.717) is 6.04 Å². The number of rotatable bonds is 5. The van der Waals surface area contributed by atoms with E-state index in [4.69, 9.17) is 0 Å². The molecule has 1 heterocycles. The normalized spacial score (nSPS) is 12.7. The fraction of sp³-hybridized carbons (Fsp3) is 0.438. The van der Waals surface area contributed by atoms with Crippen molar-refractivity contribution in [3.05, 3.63) is 51.3 Å². The molecule has 20 heavy (non-hydrogen) atoms. The Bertz CT molecular complexity index is 572. The van der Waals surface area contributed by atoms with Gasteiger partial charge in [-0.05, 0) is 49.2 Å². The Balaban J connectivity index is 2.07. The van der Waals surface area contributed by atoms with Gasteiger partial charge in [-0.25, -0.2) is 0 Å². The maximum absolute atomic E-state index is 4.52. The second-order valence-corrected chi connectivity index (χ2v) is 5.97. The van der Waals surface area contributed by atoms with E-state index in [9.17, 15) is 0 Å². The molecule has 0 unspecified atom stereocenters. The van der Waals surface area contributed by atoms with E-state index in [1.807, 2.05) is 11.6 Å². The average molecular weight is 336 g/mol. The zero-order chi connectivity index (χ0) is 14.7. The fourth-order valence-electron chi connectivity index (χ4n) is 2.26. The summed E-state index contributed by atoms with van der Waals surface area (Å²) in [6, 6.07) is 9.01. The summed E-state index contributed by atoms with van der Waals surface area (Å²) in [6.45, 7) is 10.2. The van der Waals surface area contributed by atoms with Gasteiger partial charge in [-0.15, -0.1) is 0 Å². The van der Waals surface area contributed by atoms with E-state index in [0.717, 1.165) is 23.3 Å². The highest BCUT2D eigenvalue weighted by molar-refractivity contribution is 9.10. The Morgan fingerprint density at radius 1 is 1.25 bits per heavy atom. The zero-order valence-corrected chi connectivity index (χ0v) is 14.2. The number of aromatic nitrogens is 2. The second kappa shape index (κ2) is 6.55. The topological polar surface area (TPSA) is 29.9 Å². The molecule has 0 aliphatic rings. The first-order chi connectivity index (χ1) is 9.52. The van der Waals surface area contributed by atoms with Gasteiger partial charge in [-0.1, -0.05) is 29.8 Å². The summed E-state index contributed by atoms with van der Waals surface area (Å²) in [5, 5.41) is 8.09. The van der Waals surface area contributed by atoms with Crippen LogP contribution in [0.3, 0.4) is 0 Å². The first-order valence-corrected chi connectivity index (χ1v) is 7.84. The third-order valence-electron chi connectivity index (χ3n) is 3.61. The molecule has 0 saturated carbocycles. The summed E-state index contributed by atoms with van der Waals surface area (Å²) in [5.74, 6) is 0. The number of hydrogen-bond donors (Lipinski definition) is 1. The van der Waals surface area contributed by atoms with E-state index in [1.54, 1.807) is 0 Å². The Hall–Kier alpha value is -1.13. The zero-order valence-electron chi connectivity index (χ0n) is 12.6. The summed E-state index contributed by atoms with van der Waals surface area (Å²) < 4.78 is 3.16. The van der Waals surface area contributed by atoms with Gasteiger partial charge in [0.2, 0.25) is 0 Å². The molecule has 1 aromatic heterocycles. The molecule has 1 N–H and O–H groups in total. The molecule has 0 saturated heterocycles. The smallest absolute Gasteiger partial charge is 0.0739 e. The second-order valence-electron chi connectivity index (χ2n) is 5.18. The number of aryl methyl sites for hydroxylation is 3. The summed E-state index contributed by atoms with van der Waals surface area (Å²) in [7, 11) is 0. The van der Waals surface area contributed by atoms with Crippen LogP contribution in [0.25, 0.3) is 0 Å². The molecule has 108 valence electrons. The number of hydrogen-bond acceptors (Lipinski definition) is 2. The molecule has 4 heteroatoms. The van der Waals surface area contributed by atoms with Crippen LogP contribution >= 0.6 is 15.9 Å². The van der Waals surface area contributed by atoms with Crippen molar-refractivity contribution in [2.24, 2.45) is 0 Å². The minimum atomic E-state index is 0.322. The van der Waals surface area contributed by atoms with Crippen LogP contribution in [0.5, 0.6) is 0 Å². The molecule has 1 atom stereocenters. The van der Waals surface area contributed by atoms with Crippen molar-refractivity contribution in [3.63, 3.8) is 0 Å². The molecule has 0 radical (unpaired) electrons. The van der Waals surface area contributed by atoms with Crippen LogP contribution in [0, 0.1) is 13.8 Å². The Labute approximate surface area is 129 Å². The molecule has 2 aromatic rings. The van der Waals surface area contributed by atoms with Crippen molar-refractivity contribution in [1.82, 2.24) is 15.1 Å². The van der Waals surface area contributed by atoms with E-state index in [-0.39, 0.29) is 0 Å². The van der Waals surface area contributed by atoms with Crippen molar-refractivity contribution < 1.29 is 0 Å². The maximum atomic E-state index is 4.52. The third kappa shape index (κ3) is 3.30. The van der Waals surface area contributed by atoms with Gasteiger partial charge in [0.25, 0.3) is 0 Å². The molecule has 1 aromatic carbocycles. The highest BCUT2D eigenvalue weighted by atomic mass is 79.9. The van der Waals surface area contributed by atoms with Gasteiger partial charge >= 0.3 is 0 Å². The molecular formula is C16H22BrN3. The first kappa shape index (κ1) is 15.3. The van der Waals surface area contributed by atoms with Crippen molar-refractivity contribution in [2.45, 2.75) is 46.8 Å². The predicted octanol–water partition coefficient (Wildman–Crippen LogP) is 4.13. The van der Waals surface area contributed by atoms with Gasteiger partial charge in [0.1, 0.15) is 0 Å². The standard InChI is InChI=1S/C16H22BrN3/c1-5-20-15(16(17)13(4)19-20)10-18-12(3)14-8-6-11(2)7-9-14/h6-9,12,18H,5,10H2,1-4H3/t12-/m0/s1. The number of halogens is 1. The van der Waals surface area contributed by atoms with Crippen molar-refractivity contribution >= 4 is 15.9 Å². The van der Waals surface area contributed by atoms with E-state index in [2.05, 4.69) is 71.4 Å². The minimum absolute atomic E-state index is 0.322. The van der Waals surface area contributed by atoms with Crippen LogP contribution in [0.15, 0.2) is 28.7 Å². The molecule has 3 nitrogen and oxygen atoms in total. The number of benzene rings is 1. The van der Waals surface area contributed by atoms with Gasteiger partial charge in [0.15, 0.2) is 0 Å². The maximum Gasteiger partial charge on any atom is 0.0739 e. The van der Waals surface area contributed by atoms with Crippen molar-refractivity contribution in [1.29, 1.82) is 0 Å². The lowest BCUT2D eigenvalue weighted by atomic mass is 10.1. The first-order valence-electron chi connectivity index (χ1n) is 7.04. The molecular weight excluding hydrogens is 314 g/mol. The van der Waals surface area contributed by atoms with Gasteiger partial charge < -0.3 is 5.32 Å². The van der Waals surface area contributed by atoms with Gasteiger partial charge in [0.05, 0.1) is 15.9 Å². The Morgan fingerprint density at radius 2 is 1.90 bits per heavy atom. The van der Waals surface area contributed by atoms with Crippen LogP contribution < -0.4 is 5.32 Å². The molecule has 0 spiro atoms. The molecule has 0 bridgehead atoms. The summed E-state index contributed by atoms with van der Waals surface area (Å²) in [4.78, 5) is 0. The monoisotopic (exact) mass is 335 g/mol. The van der Waals surface area contributed by atoms with Crippen LogP contribution in [0.4, 0.5) is 0 Å². The van der Waals surface area contributed by atoms with Crippen LogP contribution in [-0.2, 0) is 13.1 Å². The Kier molecular flexibility index (Phi) is 5.00. The quantitative estimate of drug-likeness (QED) is 0.890. The van der Waals surface area contributed by atoms with E-state index in [1.165, 1.54) is 16.8 Å². The largest absolute Gasteiger partial charge is 0.305 e. The van der Waals surface area contributed by atoms with Crippen LogP contribution in [-0.4, -0.2) is 9.78 Å². The highest BCUT2D eigenvalue weighted by Crippen LogP contribution is 2.22. The minimum Gasteiger partial charge on any atom is -0.305 e. The van der Waals surface area contributed by atoms with Gasteiger partial charge in [0, 0.05) is 19.1 Å². The lowest BCUT2D eigenvalue weighted by molar-refractivity contribution is 0.530. The van der Waals surface area contributed by atoms with Crippen LogP contribution in [0.1, 0.15) is 42.4 Å². The average Bonchev–Trinajstić information content (AvgIpc) is 2.72. The molecule has 0 amide bonds. The molecule has 0 aliphatic carbocycles. The fourth-order valence-corrected chi connectivity index (χ4v) is 2.68. The highest BCUT2D eigenvalue weighted by Gasteiger charge is 2.13. The van der Waals surface area contributed by atoms with Crippen molar-refractivity contribution in [2.75, 3.05) is 0 Å². The number of nitrogens with zero attached hydrogens (tertiary/aromatic N) is 2. The molecule has 0 aliphatic heterocycles. The lowest BCUT2D eigenvalue weighted by Crippen LogP contribution is -2.20. The molecule has 2 rings (SSSR count). The van der Waals surface area contributed by atoms with Gasteiger partial charge in [-0.2, -0.15) is 5.10 Å². The van der Waals surface area contributed by atoms with E-state index < -0.39 is 0 Å². The summed E-state index contributed by atoms with van der Waals surface area (Å²) >= 11 is 3.63. The number of nitrogens with one attached hydrogen (secondary N) is 1. The van der Waals surface area contributed by atoms with E-state index >= 15 is 0 Å².